The zero-order chi connectivity index (χ0) is 13.1. The van der Waals surface area contributed by atoms with E-state index in [1.807, 2.05) is 0 Å². The minimum Gasteiger partial charge on any atom is -0.318 e. The van der Waals surface area contributed by atoms with Crippen LogP contribution in [0.3, 0.4) is 0 Å². The van der Waals surface area contributed by atoms with Crippen molar-refractivity contribution in [3.63, 3.8) is 0 Å². The fraction of sp³-hybridized carbons (Fsp3) is 0.250. The molecule has 0 aliphatic carbocycles. The van der Waals surface area contributed by atoms with Gasteiger partial charge in [-0.1, -0.05) is 34.8 Å². The van der Waals surface area contributed by atoms with Crippen molar-refractivity contribution in [2.75, 3.05) is 6.61 Å². The Balaban J connectivity index is 2.80. The normalized spacial score (nSPS) is 11.5. The summed E-state index contributed by atoms with van der Waals surface area (Å²) >= 11 is 17.1. The first-order chi connectivity index (χ1) is 7.85. The molecule has 9 heteroatoms. The highest BCUT2D eigenvalue weighted by atomic mass is 35.5. The van der Waals surface area contributed by atoms with E-state index in [9.17, 15) is 8.42 Å². The third-order valence-corrected chi connectivity index (χ3v) is 3.22. The standard InChI is InChI=1S/C8H7Cl3O5S/c1-2-14-17(12,13)16-15-8-4-6(10)5(9)3-7(8)11/h3-4H,2H2,1H3. The Morgan fingerprint density at radius 1 is 1.12 bits per heavy atom. The molecular formula is C8H7Cl3O5S. The van der Waals surface area contributed by atoms with Crippen molar-refractivity contribution in [3.05, 3.63) is 27.2 Å². The maximum atomic E-state index is 11.0. The van der Waals surface area contributed by atoms with E-state index in [-0.39, 0.29) is 27.4 Å². The van der Waals surface area contributed by atoms with E-state index >= 15 is 0 Å². The quantitative estimate of drug-likeness (QED) is 0.473. The van der Waals surface area contributed by atoms with Gasteiger partial charge >= 0.3 is 10.4 Å². The molecule has 0 amide bonds. The molecule has 0 heterocycles. The van der Waals surface area contributed by atoms with Crippen molar-refractivity contribution < 1.29 is 21.8 Å². The maximum Gasteiger partial charge on any atom is 0.435 e. The average Bonchev–Trinajstić information content (AvgIpc) is 2.21. The van der Waals surface area contributed by atoms with Crippen molar-refractivity contribution in [1.29, 1.82) is 0 Å². The lowest BCUT2D eigenvalue weighted by Gasteiger charge is -2.07. The Hall–Kier alpha value is -0.240. The van der Waals surface area contributed by atoms with E-state index in [0.29, 0.717) is 0 Å². The molecule has 0 saturated carbocycles. The molecule has 0 unspecified atom stereocenters. The molecule has 17 heavy (non-hydrogen) atoms. The van der Waals surface area contributed by atoms with Gasteiger partial charge in [0.2, 0.25) is 0 Å². The summed E-state index contributed by atoms with van der Waals surface area (Å²) in [6.45, 7) is 1.40. The Bertz CT molecular complexity index is 502. The van der Waals surface area contributed by atoms with Gasteiger partial charge in [0.05, 0.1) is 21.7 Å². The van der Waals surface area contributed by atoms with Crippen LogP contribution in [0.4, 0.5) is 0 Å². The highest BCUT2D eigenvalue weighted by Crippen LogP contribution is 2.34. The molecule has 0 atom stereocenters. The second kappa shape index (κ2) is 6.08. The van der Waals surface area contributed by atoms with Gasteiger partial charge in [-0.2, -0.15) is 8.42 Å². The maximum absolute atomic E-state index is 11.0. The highest BCUT2D eigenvalue weighted by Gasteiger charge is 2.15. The zero-order valence-electron chi connectivity index (χ0n) is 8.45. The van der Waals surface area contributed by atoms with Gasteiger partial charge in [-0.3, -0.25) is 0 Å². The lowest BCUT2D eigenvalue weighted by molar-refractivity contribution is -0.105. The van der Waals surface area contributed by atoms with E-state index in [4.69, 9.17) is 34.8 Å². The summed E-state index contributed by atoms with van der Waals surface area (Å²) in [7, 11) is -4.23. The van der Waals surface area contributed by atoms with Gasteiger partial charge in [-0.05, 0) is 17.3 Å². The molecule has 1 aromatic rings. The first kappa shape index (κ1) is 14.8. The SMILES string of the molecule is CCOS(=O)(=O)OOc1cc(Cl)c(Cl)cc1Cl. The first-order valence-corrected chi connectivity index (χ1v) is 6.72. The third kappa shape index (κ3) is 4.50. The van der Waals surface area contributed by atoms with Gasteiger partial charge < -0.3 is 4.89 Å². The minimum absolute atomic E-state index is 0.0473. The zero-order valence-corrected chi connectivity index (χ0v) is 11.5. The molecule has 0 spiro atoms. The van der Waals surface area contributed by atoms with E-state index in [2.05, 4.69) is 13.4 Å². The van der Waals surface area contributed by atoms with Crippen LogP contribution in [0.2, 0.25) is 15.1 Å². The molecule has 0 fully saturated rings. The summed E-state index contributed by atoms with van der Waals surface area (Å²) in [6.07, 6.45) is 0. The van der Waals surface area contributed by atoms with E-state index in [1.54, 1.807) is 0 Å². The van der Waals surface area contributed by atoms with E-state index < -0.39 is 10.4 Å². The summed E-state index contributed by atoms with van der Waals surface area (Å²) < 4.78 is 30.4. The molecule has 0 N–H and O–H groups in total. The minimum atomic E-state index is -4.23. The summed E-state index contributed by atoms with van der Waals surface area (Å²) in [6, 6.07) is 2.51. The smallest absolute Gasteiger partial charge is 0.318 e. The summed E-state index contributed by atoms with van der Waals surface area (Å²) in [5, 5.41) is 0.395. The van der Waals surface area contributed by atoms with E-state index in [0.717, 1.165) is 0 Å². The van der Waals surface area contributed by atoms with Crippen LogP contribution < -0.4 is 4.89 Å². The molecule has 1 rings (SSSR count). The second-order valence-electron chi connectivity index (χ2n) is 2.66. The van der Waals surface area contributed by atoms with Gasteiger partial charge in [0.15, 0.2) is 5.75 Å². The van der Waals surface area contributed by atoms with Crippen LogP contribution in [-0.2, 0) is 18.9 Å². The van der Waals surface area contributed by atoms with Crippen molar-refractivity contribution in [2.24, 2.45) is 0 Å². The largest absolute Gasteiger partial charge is 0.435 e. The number of rotatable bonds is 5. The number of hydrogen-bond acceptors (Lipinski definition) is 5. The topological polar surface area (TPSA) is 61.8 Å². The summed E-state index contributed by atoms with van der Waals surface area (Å²) in [4.78, 5) is 4.50. The Labute approximate surface area is 113 Å². The molecular weight excluding hydrogens is 315 g/mol. The summed E-state index contributed by atoms with van der Waals surface area (Å²) in [5.74, 6) is -0.0932. The van der Waals surface area contributed by atoms with Crippen LogP contribution in [0.15, 0.2) is 12.1 Å². The van der Waals surface area contributed by atoms with Gasteiger partial charge in [0.25, 0.3) is 0 Å². The van der Waals surface area contributed by atoms with Gasteiger partial charge in [0, 0.05) is 6.07 Å². The van der Waals surface area contributed by atoms with Gasteiger partial charge in [0.1, 0.15) is 0 Å². The fourth-order valence-corrected chi connectivity index (χ4v) is 1.86. The average molecular weight is 322 g/mol. The van der Waals surface area contributed by atoms with Crippen LogP contribution in [0.25, 0.3) is 0 Å². The van der Waals surface area contributed by atoms with Crippen molar-refractivity contribution in [2.45, 2.75) is 6.92 Å². The van der Waals surface area contributed by atoms with Crippen LogP contribution in [-0.4, -0.2) is 15.0 Å². The van der Waals surface area contributed by atoms with Crippen molar-refractivity contribution in [1.82, 2.24) is 0 Å². The molecule has 1 aromatic carbocycles. The van der Waals surface area contributed by atoms with Crippen molar-refractivity contribution >= 4 is 45.2 Å². The van der Waals surface area contributed by atoms with Crippen LogP contribution in [0.5, 0.6) is 5.75 Å². The fourth-order valence-electron chi connectivity index (χ4n) is 0.810. The Kier molecular flexibility index (Phi) is 5.30. The van der Waals surface area contributed by atoms with Crippen LogP contribution in [0, 0.1) is 0 Å². The Morgan fingerprint density at radius 2 is 1.71 bits per heavy atom. The number of benzene rings is 1. The molecule has 5 nitrogen and oxygen atoms in total. The first-order valence-electron chi connectivity index (χ1n) is 4.25. The molecule has 0 radical (unpaired) electrons. The molecule has 0 aliphatic heterocycles. The lowest BCUT2D eigenvalue weighted by atomic mass is 10.3. The monoisotopic (exact) mass is 320 g/mol. The van der Waals surface area contributed by atoms with E-state index in [1.165, 1.54) is 19.1 Å². The van der Waals surface area contributed by atoms with Crippen molar-refractivity contribution in [3.8, 4) is 5.75 Å². The third-order valence-electron chi connectivity index (χ3n) is 1.44. The highest BCUT2D eigenvalue weighted by molar-refractivity contribution is 7.81. The second-order valence-corrected chi connectivity index (χ2v) is 5.07. The van der Waals surface area contributed by atoms with Gasteiger partial charge in [-0.15, -0.1) is 0 Å². The number of halogens is 3. The molecule has 0 bridgehead atoms. The molecule has 96 valence electrons. The molecule has 0 saturated heterocycles. The van der Waals surface area contributed by atoms with Gasteiger partial charge in [-0.25, -0.2) is 4.18 Å². The molecule has 0 aliphatic rings. The predicted molar refractivity (Wildman–Crippen MR) is 63.7 cm³/mol. The lowest BCUT2D eigenvalue weighted by Crippen LogP contribution is -2.12. The number of hydrogen-bond donors (Lipinski definition) is 0. The van der Waals surface area contributed by atoms with Crippen LogP contribution >= 0.6 is 34.8 Å². The predicted octanol–water partition coefficient (Wildman–Crippen LogP) is 3.24. The Morgan fingerprint density at radius 3 is 2.29 bits per heavy atom. The molecule has 0 aromatic heterocycles. The summed E-state index contributed by atoms with van der Waals surface area (Å²) in [5.41, 5.74) is 0. The van der Waals surface area contributed by atoms with Crippen LogP contribution in [0.1, 0.15) is 6.92 Å².